The van der Waals surface area contributed by atoms with Gasteiger partial charge in [-0.15, -0.1) is 11.6 Å². The van der Waals surface area contributed by atoms with Crippen molar-refractivity contribution in [2.45, 2.75) is 0 Å². The SMILES string of the molecule is O=C(NCCCl)C(=O)N1CCN(CCO)CC1. The van der Waals surface area contributed by atoms with E-state index in [1.807, 2.05) is 0 Å². The predicted molar refractivity (Wildman–Crippen MR) is 63.8 cm³/mol. The predicted octanol–water partition coefficient (Wildman–Crippen LogP) is -1.52. The molecule has 1 fully saturated rings. The van der Waals surface area contributed by atoms with Gasteiger partial charge < -0.3 is 15.3 Å². The third kappa shape index (κ3) is 4.49. The second-order valence-electron chi connectivity index (χ2n) is 3.80. The number of aliphatic hydroxyl groups excluding tert-OH is 1. The van der Waals surface area contributed by atoms with Crippen molar-refractivity contribution in [2.75, 3.05) is 51.8 Å². The van der Waals surface area contributed by atoms with Crippen LogP contribution in [-0.4, -0.2) is 78.5 Å². The lowest BCUT2D eigenvalue weighted by Gasteiger charge is -2.33. The first-order valence-corrected chi connectivity index (χ1v) is 6.18. The lowest BCUT2D eigenvalue weighted by atomic mass is 10.3. The summed E-state index contributed by atoms with van der Waals surface area (Å²) in [5.41, 5.74) is 0. The lowest BCUT2D eigenvalue weighted by Crippen LogP contribution is -2.53. The number of hydrogen-bond acceptors (Lipinski definition) is 4. The van der Waals surface area contributed by atoms with Gasteiger partial charge in [-0.05, 0) is 0 Å². The molecule has 0 aliphatic carbocycles. The van der Waals surface area contributed by atoms with Crippen molar-refractivity contribution in [1.29, 1.82) is 0 Å². The molecule has 0 aromatic carbocycles. The van der Waals surface area contributed by atoms with Gasteiger partial charge in [0.25, 0.3) is 0 Å². The normalized spacial score (nSPS) is 16.9. The van der Waals surface area contributed by atoms with Gasteiger partial charge in [0.2, 0.25) is 0 Å². The van der Waals surface area contributed by atoms with E-state index in [0.29, 0.717) is 45.1 Å². The monoisotopic (exact) mass is 263 g/mol. The molecule has 0 aromatic rings. The summed E-state index contributed by atoms with van der Waals surface area (Å²) in [7, 11) is 0. The number of halogens is 1. The first-order chi connectivity index (χ1) is 8.19. The summed E-state index contributed by atoms with van der Waals surface area (Å²) in [4.78, 5) is 26.6. The van der Waals surface area contributed by atoms with Crippen LogP contribution in [0, 0.1) is 0 Å². The highest BCUT2D eigenvalue weighted by Crippen LogP contribution is 2.01. The van der Waals surface area contributed by atoms with Crippen LogP contribution in [0.15, 0.2) is 0 Å². The minimum atomic E-state index is -0.596. The Hall–Kier alpha value is -0.850. The van der Waals surface area contributed by atoms with E-state index in [1.165, 1.54) is 4.90 Å². The number of hydrogen-bond donors (Lipinski definition) is 2. The number of β-amino-alcohol motifs (C(OH)–C–C–N with tert-alkyl or cyclic N) is 1. The van der Waals surface area contributed by atoms with E-state index in [1.54, 1.807) is 0 Å². The van der Waals surface area contributed by atoms with Crippen LogP contribution in [0.3, 0.4) is 0 Å². The van der Waals surface area contributed by atoms with Crippen molar-refractivity contribution in [1.82, 2.24) is 15.1 Å². The van der Waals surface area contributed by atoms with E-state index in [0.717, 1.165) is 0 Å². The van der Waals surface area contributed by atoms with Gasteiger partial charge in [0.1, 0.15) is 0 Å². The minimum absolute atomic E-state index is 0.115. The number of carbonyl (C=O) groups excluding carboxylic acids is 2. The molecule has 0 saturated carbocycles. The first-order valence-electron chi connectivity index (χ1n) is 5.65. The van der Waals surface area contributed by atoms with Crippen molar-refractivity contribution in [3.63, 3.8) is 0 Å². The molecule has 6 nitrogen and oxygen atoms in total. The summed E-state index contributed by atoms with van der Waals surface area (Å²) in [6.07, 6.45) is 0. The summed E-state index contributed by atoms with van der Waals surface area (Å²) in [6, 6.07) is 0. The van der Waals surface area contributed by atoms with Gasteiger partial charge in [0, 0.05) is 45.1 Å². The highest BCUT2D eigenvalue weighted by atomic mass is 35.5. The van der Waals surface area contributed by atoms with Crippen LogP contribution >= 0.6 is 11.6 Å². The van der Waals surface area contributed by atoms with Crippen LogP contribution in [0.5, 0.6) is 0 Å². The zero-order valence-corrected chi connectivity index (χ0v) is 10.4. The molecule has 98 valence electrons. The van der Waals surface area contributed by atoms with E-state index >= 15 is 0 Å². The van der Waals surface area contributed by atoms with Crippen molar-refractivity contribution in [2.24, 2.45) is 0 Å². The van der Waals surface area contributed by atoms with Crippen molar-refractivity contribution < 1.29 is 14.7 Å². The van der Waals surface area contributed by atoms with Gasteiger partial charge >= 0.3 is 11.8 Å². The van der Waals surface area contributed by atoms with Gasteiger partial charge in [0.05, 0.1) is 6.61 Å². The molecule has 2 amide bonds. The second-order valence-corrected chi connectivity index (χ2v) is 4.18. The molecule has 0 atom stereocenters. The maximum Gasteiger partial charge on any atom is 0.311 e. The number of carbonyl (C=O) groups is 2. The Labute approximate surface area is 106 Å². The third-order valence-corrected chi connectivity index (χ3v) is 2.84. The van der Waals surface area contributed by atoms with Crippen molar-refractivity contribution in [3.8, 4) is 0 Å². The van der Waals surface area contributed by atoms with Crippen molar-refractivity contribution >= 4 is 23.4 Å². The fourth-order valence-electron chi connectivity index (χ4n) is 1.70. The van der Waals surface area contributed by atoms with Crippen molar-refractivity contribution in [3.05, 3.63) is 0 Å². The summed E-state index contributed by atoms with van der Waals surface area (Å²) in [5.74, 6) is -0.802. The zero-order chi connectivity index (χ0) is 12.7. The molecule has 1 aliphatic rings. The molecule has 0 spiro atoms. The fraction of sp³-hybridized carbons (Fsp3) is 0.800. The number of nitrogens with zero attached hydrogens (tertiary/aromatic N) is 2. The molecule has 0 unspecified atom stereocenters. The first kappa shape index (κ1) is 14.2. The number of rotatable bonds is 4. The Bertz CT molecular complexity index is 268. The summed E-state index contributed by atoms with van der Waals surface area (Å²) < 4.78 is 0. The molecule has 1 heterocycles. The van der Waals surface area contributed by atoms with E-state index in [9.17, 15) is 9.59 Å². The van der Waals surface area contributed by atoms with Crippen LogP contribution in [0.25, 0.3) is 0 Å². The fourth-order valence-corrected chi connectivity index (χ4v) is 1.79. The Balaban J connectivity index is 2.32. The minimum Gasteiger partial charge on any atom is -0.395 e. The Morgan fingerprint density at radius 3 is 2.41 bits per heavy atom. The molecular weight excluding hydrogens is 246 g/mol. The average molecular weight is 264 g/mol. The number of aliphatic hydroxyl groups is 1. The molecule has 1 aliphatic heterocycles. The Morgan fingerprint density at radius 2 is 1.88 bits per heavy atom. The largest absolute Gasteiger partial charge is 0.395 e. The van der Waals surface area contributed by atoms with Crippen LogP contribution in [0.1, 0.15) is 0 Å². The number of nitrogens with one attached hydrogen (secondary N) is 1. The third-order valence-electron chi connectivity index (χ3n) is 2.65. The maximum atomic E-state index is 11.7. The van der Waals surface area contributed by atoms with Crippen LogP contribution in [0.2, 0.25) is 0 Å². The molecule has 7 heteroatoms. The maximum absolute atomic E-state index is 11.7. The molecule has 0 bridgehead atoms. The lowest BCUT2D eigenvalue weighted by molar-refractivity contribution is -0.146. The standard InChI is InChI=1S/C10H18ClN3O3/c11-1-2-12-9(16)10(17)14-5-3-13(4-6-14)7-8-15/h15H,1-8H2,(H,12,16). The quantitative estimate of drug-likeness (QED) is 0.477. The molecule has 0 radical (unpaired) electrons. The summed E-state index contributed by atoms with van der Waals surface area (Å²) in [5, 5.41) is 11.2. The molecule has 2 N–H and O–H groups in total. The van der Waals surface area contributed by atoms with Crippen LogP contribution in [0.4, 0.5) is 0 Å². The molecule has 0 aromatic heterocycles. The summed E-state index contributed by atoms with van der Waals surface area (Å²) >= 11 is 5.42. The molecule has 1 rings (SSSR count). The van der Waals surface area contributed by atoms with Gasteiger partial charge in [-0.1, -0.05) is 0 Å². The number of alkyl halides is 1. The Morgan fingerprint density at radius 1 is 1.24 bits per heavy atom. The number of piperazine rings is 1. The molecular formula is C10H18ClN3O3. The average Bonchev–Trinajstić information content (AvgIpc) is 2.36. The van der Waals surface area contributed by atoms with Crippen LogP contribution in [-0.2, 0) is 9.59 Å². The van der Waals surface area contributed by atoms with Gasteiger partial charge in [-0.3, -0.25) is 14.5 Å². The van der Waals surface area contributed by atoms with Gasteiger partial charge in [-0.25, -0.2) is 0 Å². The van der Waals surface area contributed by atoms with Gasteiger partial charge in [-0.2, -0.15) is 0 Å². The molecule has 17 heavy (non-hydrogen) atoms. The molecule has 1 saturated heterocycles. The van der Waals surface area contributed by atoms with E-state index in [4.69, 9.17) is 16.7 Å². The smallest absolute Gasteiger partial charge is 0.311 e. The summed E-state index contributed by atoms with van der Waals surface area (Å²) in [6.45, 7) is 3.45. The van der Waals surface area contributed by atoms with Gasteiger partial charge in [0.15, 0.2) is 0 Å². The van der Waals surface area contributed by atoms with Crippen LogP contribution < -0.4 is 5.32 Å². The topological polar surface area (TPSA) is 72.9 Å². The number of amides is 2. The van der Waals surface area contributed by atoms with E-state index < -0.39 is 11.8 Å². The zero-order valence-electron chi connectivity index (χ0n) is 9.69. The Kier molecular flexibility index (Phi) is 6.25. The highest BCUT2D eigenvalue weighted by molar-refractivity contribution is 6.35. The van der Waals surface area contributed by atoms with E-state index in [-0.39, 0.29) is 6.61 Å². The van der Waals surface area contributed by atoms with E-state index in [2.05, 4.69) is 10.2 Å². The second kappa shape index (κ2) is 7.47. The highest BCUT2D eigenvalue weighted by Gasteiger charge is 2.25.